The average Bonchev–Trinajstić information content (AvgIpc) is 2.40. The van der Waals surface area contributed by atoms with Gasteiger partial charge in [0, 0.05) is 6.20 Å². The Balaban J connectivity index is 1.92. The average molecular weight is 281 g/mol. The standard InChI is InChI=1S/C13H10ClFN2O2/c14-13-10(5-3-7-16-13)17-12(18)8-19-11-6-2-1-4-9(11)15/h1-7H,8H2,(H,17,18). The molecule has 1 N–H and O–H groups in total. The zero-order valence-electron chi connectivity index (χ0n) is 9.77. The van der Waals surface area contributed by atoms with Gasteiger partial charge in [-0.1, -0.05) is 23.7 Å². The molecule has 0 saturated carbocycles. The van der Waals surface area contributed by atoms with E-state index in [2.05, 4.69) is 10.3 Å². The van der Waals surface area contributed by atoms with E-state index in [0.717, 1.165) is 0 Å². The summed E-state index contributed by atoms with van der Waals surface area (Å²) < 4.78 is 18.3. The normalized spacial score (nSPS) is 10.0. The van der Waals surface area contributed by atoms with Crippen molar-refractivity contribution >= 4 is 23.2 Å². The van der Waals surface area contributed by atoms with Gasteiger partial charge in [0.1, 0.15) is 0 Å². The Kier molecular flexibility index (Phi) is 4.30. The summed E-state index contributed by atoms with van der Waals surface area (Å²) in [4.78, 5) is 15.4. The molecular weight excluding hydrogens is 271 g/mol. The number of aromatic nitrogens is 1. The number of carbonyl (C=O) groups is 1. The zero-order chi connectivity index (χ0) is 13.7. The number of nitrogens with one attached hydrogen (secondary N) is 1. The van der Waals surface area contributed by atoms with Gasteiger partial charge in [-0.2, -0.15) is 0 Å². The molecule has 19 heavy (non-hydrogen) atoms. The lowest BCUT2D eigenvalue weighted by atomic mass is 10.3. The van der Waals surface area contributed by atoms with Crippen LogP contribution in [-0.4, -0.2) is 17.5 Å². The van der Waals surface area contributed by atoms with Crippen molar-refractivity contribution in [3.8, 4) is 5.75 Å². The van der Waals surface area contributed by atoms with Crippen LogP contribution in [0.2, 0.25) is 5.15 Å². The molecule has 1 aromatic heterocycles. The van der Waals surface area contributed by atoms with E-state index >= 15 is 0 Å². The maximum atomic E-state index is 13.2. The highest BCUT2D eigenvalue weighted by Crippen LogP contribution is 2.18. The van der Waals surface area contributed by atoms with Crippen molar-refractivity contribution in [2.45, 2.75) is 0 Å². The molecule has 2 aromatic rings. The molecule has 4 nitrogen and oxygen atoms in total. The van der Waals surface area contributed by atoms with Crippen LogP contribution in [0.4, 0.5) is 10.1 Å². The molecule has 6 heteroatoms. The van der Waals surface area contributed by atoms with E-state index < -0.39 is 11.7 Å². The second kappa shape index (κ2) is 6.15. The molecule has 0 unspecified atom stereocenters. The number of hydrogen-bond donors (Lipinski definition) is 1. The van der Waals surface area contributed by atoms with Crippen LogP contribution in [0.3, 0.4) is 0 Å². The van der Waals surface area contributed by atoms with E-state index in [4.69, 9.17) is 16.3 Å². The number of pyridine rings is 1. The van der Waals surface area contributed by atoms with Gasteiger partial charge in [-0.3, -0.25) is 4.79 Å². The SMILES string of the molecule is O=C(COc1ccccc1F)Nc1cccnc1Cl. The highest BCUT2D eigenvalue weighted by molar-refractivity contribution is 6.32. The minimum atomic E-state index is -0.519. The molecule has 0 saturated heterocycles. The summed E-state index contributed by atoms with van der Waals surface area (Å²) in [5.74, 6) is -0.942. The van der Waals surface area contributed by atoms with Crippen LogP contribution >= 0.6 is 11.6 Å². The fourth-order valence-corrected chi connectivity index (χ4v) is 1.54. The fourth-order valence-electron chi connectivity index (χ4n) is 1.37. The van der Waals surface area contributed by atoms with Crippen molar-refractivity contribution < 1.29 is 13.9 Å². The maximum Gasteiger partial charge on any atom is 0.262 e. The van der Waals surface area contributed by atoms with Crippen molar-refractivity contribution in [3.63, 3.8) is 0 Å². The van der Waals surface area contributed by atoms with Crippen LogP contribution in [0, 0.1) is 5.82 Å². The van der Waals surface area contributed by atoms with Gasteiger partial charge < -0.3 is 10.1 Å². The molecule has 0 fully saturated rings. The number of hydrogen-bond acceptors (Lipinski definition) is 3. The fraction of sp³-hybridized carbons (Fsp3) is 0.0769. The summed E-state index contributed by atoms with van der Waals surface area (Å²) >= 11 is 5.78. The minimum Gasteiger partial charge on any atom is -0.481 e. The second-order valence-corrected chi connectivity index (χ2v) is 3.97. The predicted molar refractivity (Wildman–Crippen MR) is 69.8 cm³/mol. The smallest absolute Gasteiger partial charge is 0.262 e. The molecule has 0 aliphatic carbocycles. The number of ether oxygens (including phenoxy) is 1. The first-order chi connectivity index (χ1) is 9.16. The van der Waals surface area contributed by atoms with Gasteiger partial charge in [0.25, 0.3) is 5.91 Å². The van der Waals surface area contributed by atoms with Gasteiger partial charge in [0.15, 0.2) is 23.3 Å². The van der Waals surface area contributed by atoms with E-state index in [1.54, 1.807) is 18.2 Å². The monoisotopic (exact) mass is 280 g/mol. The molecule has 98 valence electrons. The highest BCUT2D eigenvalue weighted by Gasteiger charge is 2.08. The number of anilines is 1. The Morgan fingerprint density at radius 3 is 2.84 bits per heavy atom. The summed E-state index contributed by atoms with van der Waals surface area (Å²) in [6.07, 6.45) is 1.51. The quantitative estimate of drug-likeness (QED) is 0.876. The molecule has 1 aromatic carbocycles. The maximum absolute atomic E-state index is 13.2. The Labute approximate surface area is 114 Å². The van der Waals surface area contributed by atoms with E-state index in [0.29, 0.717) is 5.69 Å². The second-order valence-electron chi connectivity index (χ2n) is 3.61. The Morgan fingerprint density at radius 2 is 2.11 bits per heavy atom. The largest absolute Gasteiger partial charge is 0.481 e. The summed E-state index contributed by atoms with van der Waals surface area (Å²) in [5, 5.41) is 2.70. The van der Waals surface area contributed by atoms with Crippen molar-refractivity contribution in [1.82, 2.24) is 4.98 Å². The lowest BCUT2D eigenvalue weighted by molar-refractivity contribution is -0.118. The molecule has 0 aliphatic rings. The van der Waals surface area contributed by atoms with Crippen molar-refractivity contribution in [2.24, 2.45) is 0 Å². The first-order valence-corrected chi connectivity index (χ1v) is 5.82. The third kappa shape index (κ3) is 3.66. The van der Waals surface area contributed by atoms with Crippen molar-refractivity contribution in [3.05, 3.63) is 53.6 Å². The molecule has 0 aliphatic heterocycles. The third-order valence-corrected chi connectivity index (χ3v) is 2.53. The van der Waals surface area contributed by atoms with Gasteiger partial charge in [0.2, 0.25) is 0 Å². The van der Waals surface area contributed by atoms with Crippen LogP contribution in [0.5, 0.6) is 5.75 Å². The lowest BCUT2D eigenvalue weighted by Gasteiger charge is -2.08. The number of rotatable bonds is 4. The molecule has 0 atom stereocenters. The summed E-state index contributed by atoms with van der Waals surface area (Å²) in [6.45, 7) is -0.313. The number of carbonyl (C=O) groups excluding carboxylic acids is 1. The molecule has 2 rings (SSSR count). The van der Waals surface area contributed by atoms with Gasteiger partial charge in [-0.25, -0.2) is 9.37 Å². The Bertz CT molecular complexity index is 592. The van der Waals surface area contributed by atoms with Crippen LogP contribution < -0.4 is 10.1 Å². The van der Waals surface area contributed by atoms with E-state index in [-0.39, 0.29) is 17.5 Å². The summed E-state index contributed by atoms with van der Waals surface area (Å²) in [6, 6.07) is 9.10. The predicted octanol–water partition coefficient (Wildman–Crippen LogP) is 2.89. The minimum absolute atomic E-state index is 0.0231. The van der Waals surface area contributed by atoms with Crippen molar-refractivity contribution in [2.75, 3.05) is 11.9 Å². The number of halogens is 2. The van der Waals surface area contributed by atoms with E-state index in [9.17, 15) is 9.18 Å². The van der Waals surface area contributed by atoms with Gasteiger partial charge in [-0.15, -0.1) is 0 Å². The molecule has 1 heterocycles. The lowest BCUT2D eigenvalue weighted by Crippen LogP contribution is -2.20. The molecule has 0 spiro atoms. The van der Waals surface area contributed by atoms with E-state index in [1.165, 1.54) is 24.4 Å². The molecule has 1 amide bonds. The third-order valence-electron chi connectivity index (χ3n) is 2.23. The van der Waals surface area contributed by atoms with E-state index in [1.807, 2.05) is 0 Å². The zero-order valence-corrected chi connectivity index (χ0v) is 10.5. The Hall–Kier alpha value is -2.14. The molecule has 0 bridgehead atoms. The summed E-state index contributed by atoms with van der Waals surface area (Å²) in [7, 11) is 0. The number of benzene rings is 1. The molecular formula is C13H10ClFN2O2. The summed E-state index contributed by atoms with van der Waals surface area (Å²) in [5.41, 5.74) is 0.381. The first-order valence-electron chi connectivity index (χ1n) is 5.44. The number of para-hydroxylation sites is 1. The van der Waals surface area contributed by atoms with Crippen LogP contribution in [0.1, 0.15) is 0 Å². The topological polar surface area (TPSA) is 51.2 Å². The van der Waals surface area contributed by atoms with Gasteiger partial charge in [-0.05, 0) is 24.3 Å². The highest BCUT2D eigenvalue weighted by atomic mass is 35.5. The number of nitrogens with zero attached hydrogens (tertiary/aromatic N) is 1. The van der Waals surface area contributed by atoms with Gasteiger partial charge in [0.05, 0.1) is 5.69 Å². The van der Waals surface area contributed by atoms with Crippen LogP contribution in [0.15, 0.2) is 42.6 Å². The molecule has 0 radical (unpaired) electrons. The number of amides is 1. The van der Waals surface area contributed by atoms with Gasteiger partial charge >= 0.3 is 0 Å². The van der Waals surface area contributed by atoms with Crippen LogP contribution in [-0.2, 0) is 4.79 Å². The first kappa shape index (κ1) is 13.3. The van der Waals surface area contributed by atoms with Crippen LogP contribution in [0.25, 0.3) is 0 Å². The Morgan fingerprint density at radius 1 is 1.32 bits per heavy atom. The van der Waals surface area contributed by atoms with Crippen molar-refractivity contribution in [1.29, 1.82) is 0 Å².